The first-order valence-electron chi connectivity index (χ1n) is 6.43. The van der Waals surface area contributed by atoms with Gasteiger partial charge in [0.05, 0.1) is 24.4 Å². The second-order valence-electron chi connectivity index (χ2n) is 4.85. The Morgan fingerprint density at radius 3 is 3.21 bits per heavy atom. The monoisotopic (exact) mass is 256 g/mol. The molecule has 0 bridgehead atoms. The zero-order valence-electron chi connectivity index (χ0n) is 10.9. The molecule has 3 heterocycles. The average molecular weight is 256 g/mol. The van der Waals surface area contributed by atoms with Gasteiger partial charge in [0.15, 0.2) is 0 Å². The van der Waals surface area contributed by atoms with Gasteiger partial charge in [-0.3, -0.25) is 9.78 Å². The van der Waals surface area contributed by atoms with Crippen molar-refractivity contribution in [1.29, 1.82) is 0 Å². The van der Waals surface area contributed by atoms with Gasteiger partial charge in [0.1, 0.15) is 5.82 Å². The summed E-state index contributed by atoms with van der Waals surface area (Å²) in [7, 11) is 0. The van der Waals surface area contributed by atoms with Crippen LogP contribution in [0.1, 0.15) is 22.8 Å². The van der Waals surface area contributed by atoms with Crippen LogP contribution in [0.15, 0.2) is 24.5 Å². The number of pyridine rings is 1. The van der Waals surface area contributed by atoms with Gasteiger partial charge in [0, 0.05) is 25.4 Å². The van der Waals surface area contributed by atoms with E-state index in [1.54, 1.807) is 12.4 Å². The fraction of sp³-hybridized carbons (Fsp3) is 0.357. The van der Waals surface area contributed by atoms with E-state index in [-0.39, 0.29) is 5.91 Å². The maximum Gasteiger partial charge on any atom is 0.227 e. The Hall–Kier alpha value is -2.17. The van der Waals surface area contributed by atoms with E-state index in [9.17, 15) is 4.79 Å². The van der Waals surface area contributed by atoms with Crippen LogP contribution in [0.25, 0.3) is 0 Å². The second-order valence-corrected chi connectivity index (χ2v) is 4.85. The third-order valence-electron chi connectivity index (χ3n) is 3.38. The summed E-state index contributed by atoms with van der Waals surface area (Å²) in [6.07, 6.45) is 4.71. The zero-order chi connectivity index (χ0) is 13.2. The molecule has 98 valence electrons. The number of aromatic nitrogens is 3. The summed E-state index contributed by atoms with van der Waals surface area (Å²) in [5.41, 5.74) is 3.13. The number of amides is 1. The lowest BCUT2D eigenvalue weighted by Crippen LogP contribution is -2.37. The average Bonchev–Trinajstić information content (AvgIpc) is 2.78. The predicted molar refractivity (Wildman–Crippen MR) is 70.4 cm³/mol. The highest BCUT2D eigenvalue weighted by Gasteiger charge is 2.23. The summed E-state index contributed by atoms with van der Waals surface area (Å²) in [6, 6.07) is 3.79. The first kappa shape index (κ1) is 11.9. The molecule has 0 aromatic carbocycles. The molecule has 2 aromatic rings. The molecule has 1 aliphatic rings. The van der Waals surface area contributed by atoms with E-state index in [0.29, 0.717) is 13.0 Å². The molecule has 5 nitrogen and oxygen atoms in total. The molecule has 0 unspecified atom stereocenters. The van der Waals surface area contributed by atoms with Gasteiger partial charge in [0.25, 0.3) is 0 Å². The van der Waals surface area contributed by atoms with Crippen molar-refractivity contribution >= 4 is 5.91 Å². The van der Waals surface area contributed by atoms with Gasteiger partial charge in [-0.2, -0.15) is 0 Å². The molecule has 0 saturated heterocycles. The van der Waals surface area contributed by atoms with E-state index in [1.807, 2.05) is 24.0 Å². The fourth-order valence-corrected chi connectivity index (χ4v) is 2.44. The lowest BCUT2D eigenvalue weighted by molar-refractivity contribution is -0.131. The van der Waals surface area contributed by atoms with Crippen molar-refractivity contribution in [3.8, 4) is 0 Å². The molecule has 0 aliphatic carbocycles. The van der Waals surface area contributed by atoms with Crippen molar-refractivity contribution in [3.05, 3.63) is 47.3 Å². The van der Waals surface area contributed by atoms with Gasteiger partial charge in [-0.1, -0.05) is 6.07 Å². The van der Waals surface area contributed by atoms with Crippen molar-refractivity contribution in [2.45, 2.75) is 26.3 Å². The van der Waals surface area contributed by atoms with Crippen LogP contribution in [0.5, 0.6) is 0 Å². The fourth-order valence-electron chi connectivity index (χ4n) is 2.44. The van der Waals surface area contributed by atoms with Crippen molar-refractivity contribution in [1.82, 2.24) is 19.9 Å². The topological polar surface area (TPSA) is 61.9 Å². The Labute approximate surface area is 111 Å². The van der Waals surface area contributed by atoms with Gasteiger partial charge in [-0.15, -0.1) is 0 Å². The Kier molecular flexibility index (Phi) is 3.03. The number of carbonyl (C=O) groups is 1. The predicted octanol–water partition coefficient (Wildman–Crippen LogP) is 1.24. The van der Waals surface area contributed by atoms with Crippen molar-refractivity contribution < 1.29 is 4.79 Å². The summed E-state index contributed by atoms with van der Waals surface area (Å²) >= 11 is 0. The minimum atomic E-state index is 0.144. The minimum Gasteiger partial charge on any atom is -0.344 e. The molecule has 5 heteroatoms. The number of rotatable bonds is 2. The first-order chi connectivity index (χ1) is 9.22. The molecule has 1 N–H and O–H groups in total. The summed E-state index contributed by atoms with van der Waals surface area (Å²) < 4.78 is 0. The standard InChI is InChI=1S/C14H16N4O/c1-10-16-12-4-6-18(9-13(12)17-10)14(19)7-11-3-2-5-15-8-11/h2-3,5,8H,4,6-7,9H2,1H3,(H,16,17). The molecule has 3 rings (SSSR count). The van der Waals surface area contributed by atoms with Crippen LogP contribution in [0.3, 0.4) is 0 Å². The van der Waals surface area contributed by atoms with Crippen LogP contribution in [0, 0.1) is 6.92 Å². The number of nitrogens with zero attached hydrogens (tertiary/aromatic N) is 3. The van der Waals surface area contributed by atoms with Crippen LogP contribution in [-0.4, -0.2) is 32.3 Å². The Bertz CT molecular complexity index is 591. The van der Waals surface area contributed by atoms with E-state index in [0.717, 1.165) is 35.7 Å². The molecule has 0 atom stereocenters. The van der Waals surface area contributed by atoms with Gasteiger partial charge in [-0.05, 0) is 18.6 Å². The summed E-state index contributed by atoms with van der Waals surface area (Å²) in [4.78, 5) is 25.8. The van der Waals surface area contributed by atoms with Crippen LogP contribution >= 0.6 is 0 Å². The molecule has 0 saturated carbocycles. The maximum atomic E-state index is 12.2. The third kappa shape index (κ3) is 2.50. The summed E-state index contributed by atoms with van der Waals surface area (Å²) in [5, 5.41) is 0. The Morgan fingerprint density at radius 1 is 1.53 bits per heavy atom. The number of fused-ring (bicyclic) bond motifs is 1. The number of aryl methyl sites for hydroxylation is 1. The van der Waals surface area contributed by atoms with Gasteiger partial charge in [0.2, 0.25) is 5.91 Å². The van der Waals surface area contributed by atoms with E-state index < -0.39 is 0 Å². The number of nitrogens with one attached hydrogen (secondary N) is 1. The maximum absolute atomic E-state index is 12.2. The highest BCUT2D eigenvalue weighted by molar-refractivity contribution is 5.78. The first-order valence-corrected chi connectivity index (χ1v) is 6.43. The molecular formula is C14H16N4O. The molecule has 0 fully saturated rings. The van der Waals surface area contributed by atoms with Crippen molar-refractivity contribution in [2.24, 2.45) is 0 Å². The normalized spacial score (nSPS) is 14.3. The smallest absolute Gasteiger partial charge is 0.227 e. The number of aromatic amines is 1. The number of hydrogen-bond acceptors (Lipinski definition) is 3. The SMILES string of the molecule is Cc1nc2c([nH]1)CN(C(=O)Cc1cccnc1)CC2. The largest absolute Gasteiger partial charge is 0.344 e. The molecule has 1 aliphatic heterocycles. The molecule has 0 spiro atoms. The van der Waals surface area contributed by atoms with Gasteiger partial charge < -0.3 is 9.88 Å². The van der Waals surface area contributed by atoms with E-state index >= 15 is 0 Å². The van der Waals surface area contributed by atoms with Crippen LogP contribution in [-0.2, 0) is 24.2 Å². The van der Waals surface area contributed by atoms with E-state index in [2.05, 4.69) is 15.0 Å². The van der Waals surface area contributed by atoms with Gasteiger partial charge >= 0.3 is 0 Å². The number of H-pyrrole nitrogens is 1. The van der Waals surface area contributed by atoms with Crippen molar-refractivity contribution in [2.75, 3.05) is 6.54 Å². The summed E-state index contributed by atoms with van der Waals surface area (Å²) in [6.45, 7) is 3.33. The Morgan fingerprint density at radius 2 is 2.42 bits per heavy atom. The van der Waals surface area contributed by atoms with Crippen LogP contribution in [0.2, 0.25) is 0 Å². The lowest BCUT2D eigenvalue weighted by atomic mass is 10.1. The highest BCUT2D eigenvalue weighted by Crippen LogP contribution is 2.17. The molecule has 1 amide bonds. The minimum absolute atomic E-state index is 0.144. The van der Waals surface area contributed by atoms with E-state index in [1.165, 1.54) is 0 Å². The quantitative estimate of drug-likeness (QED) is 0.879. The zero-order valence-corrected chi connectivity index (χ0v) is 10.9. The Balaban J connectivity index is 1.69. The van der Waals surface area contributed by atoms with E-state index in [4.69, 9.17) is 0 Å². The summed E-state index contributed by atoms with van der Waals surface area (Å²) in [5.74, 6) is 1.07. The lowest BCUT2D eigenvalue weighted by Gasteiger charge is -2.26. The van der Waals surface area contributed by atoms with Gasteiger partial charge in [-0.25, -0.2) is 4.98 Å². The third-order valence-corrected chi connectivity index (χ3v) is 3.38. The van der Waals surface area contributed by atoms with Crippen LogP contribution in [0.4, 0.5) is 0 Å². The van der Waals surface area contributed by atoms with Crippen molar-refractivity contribution in [3.63, 3.8) is 0 Å². The molecule has 2 aromatic heterocycles. The molecular weight excluding hydrogens is 240 g/mol. The number of carbonyl (C=O) groups excluding carboxylic acids is 1. The van der Waals surface area contributed by atoms with Crippen LogP contribution < -0.4 is 0 Å². The molecule has 0 radical (unpaired) electrons. The molecule has 19 heavy (non-hydrogen) atoms. The number of hydrogen-bond donors (Lipinski definition) is 1. The second kappa shape index (κ2) is 4.84. The highest BCUT2D eigenvalue weighted by atomic mass is 16.2. The number of imidazole rings is 1.